The number of nitro groups is 1. The predicted octanol–water partition coefficient (Wildman–Crippen LogP) is 2.65. The summed E-state index contributed by atoms with van der Waals surface area (Å²) in [7, 11) is 0. The van der Waals surface area contributed by atoms with E-state index in [2.05, 4.69) is 4.98 Å². The van der Waals surface area contributed by atoms with Crippen molar-refractivity contribution in [1.29, 1.82) is 5.26 Å². The summed E-state index contributed by atoms with van der Waals surface area (Å²) in [5.41, 5.74) is -0.995. The molecule has 5 nitrogen and oxygen atoms in total. The molecule has 0 N–H and O–H groups in total. The van der Waals surface area contributed by atoms with Crippen molar-refractivity contribution in [3.05, 3.63) is 32.5 Å². The molecule has 0 aliphatic heterocycles. The minimum atomic E-state index is -2.93. The second kappa shape index (κ2) is 4.81. The molecule has 0 bridgehead atoms. The number of hydrogen-bond acceptors (Lipinski definition) is 4. The fourth-order valence-corrected chi connectivity index (χ4v) is 1.38. The van der Waals surface area contributed by atoms with Gasteiger partial charge in [0.15, 0.2) is 5.69 Å². The number of rotatable bonds is 3. The highest BCUT2D eigenvalue weighted by atomic mass is 35.5. The number of nitriles is 1. The Morgan fingerprint density at radius 1 is 1.69 bits per heavy atom. The van der Waals surface area contributed by atoms with Crippen molar-refractivity contribution < 1.29 is 13.7 Å². The minimum absolute atomic E-state index is 0.364. The summed E-state index contributed by atoms with van der Waals surface area (Å²) in [4.78, 5) is 12.9. The van der Waals surface area contributed by atoms with Crippen LogP contribution in [0.25, 0.3) is 0 Å². The smallest absolute Gasteiger partial charge is 0.358 e. The molecule has 0 unspecified atom stereocenters. The second-order valence-corrected chi connectivity index (χ2v) is 3.12. The van der Waals surface area contributed by atoms with Crippen LogP contribution >= 0.6 is 11.6 Å². The first kappa shape index (κ1) is 12.3. The third-order valence-electron chi connectivity index (χ3n) is 1.73. The van der Waals surface area contributed by atoms with E-state index >= 15 is 0 Å². The molecule has 0 saturated carbocycles. The monoisotopic (exact) mass is 247 g/mol. The molecule has 0 atom stereocenters. The lowest BCUT2D eigenvalue weighted by Gasteiger charge is -2.04. The van der Waals surface area contributed by atoms with E-state index in [-0.39, 0.29) is 5.69 Å². The molecule has 84 valence electrons. The van der Waals surface area contributed by atoms with E-state index in [4.69, 9.17) is 16.9 Å². The van der Waals surface area contributed by atoms with E-state index in [1.54, 1.807) is 6.07 Å². The summed E-state index contributed by atoms with van der Waals surface area (Å²) < 4.78 is 25.1. The van der Waals surface area contributed by atoms with E-state index < -0.39 is 34.2 Å². The van der Waals surface area contributed by atoms with Crippen LogP contribution in [0, 0.1) is 21.4 Å². The molecule has 0 saturated heterocycles. The molecule has 1 aromatic heterocycles. The zero-order valence-electron chi connectivity index (χ0n) is 7.65. The van der Waals surface area contributed by atoms with E-state index in [1.165, 1.54) is 0 Å². The SMILES string of the molecule is N#CCc1nc([N+](=O)[O-])cc(Cl)c1C(F)F. The van der Waals surface area contributed by atoms with Gasteiger partial charge in [0.1, 0.15) is 6.42 Å². The lowest BCUT2D eigenvalue weighted by molar-refractivity contribution is -0.389. The third-order valence-corrected chi connectivity index (χ3v) is 2.04. The van der Waals surface area contributed by atoms with Crippen LogP contribution < -0.4 is 0 Å². The maximum atomic E-state index is 12.5. The topological polar surface area (TPSA) is 79.8 Å². The van der Waals surface area contributed by atoms with Crippen molar-refractivity contribution in [2.75, 3.05) is 0 Å². The lowest BCUT2D eigenvalue weighted by Crippen LogP contribution is -2.03. The summed E-state index contributed by atoms with van der Waals surface area (Å²) in [5, 5.41) is 18.3. The highest BCUT2D eigenvalue weighted by Gasteiger charge is 2.25. The molecular formula is C8H4ClF2N3O2. The zero-order chi connectivity index (χ0) is 12.3. The van der Waals surface area contributed by atoms with Crippen molar-refractivity contribution in [2.45, 2.75) is 12.8 Å². The third kappa shape index (κ3) is 2.41. The summed E-state index contributed by atoms with van der Waals surface area (Å²) >= 11 is 5.48. The highest BCUT2D eigenvalue weighted by Crippen LogP contribution is 2.32. The van der Waals surface area contributed by atoms with Gasteiger partial charge < -0.3 is 10.1 Å². The molecule has 0 aliphatic rings. The Balaban J connectivity index is 3.40. The fourth-order valence-electron chi connectivity index (χ4n) is 1.09. The molecule has 8 heteroatoms. The minimum Gasteiger partial charge on any atom is -0.358 e. The van der Waals surface area contributed by atoms with Gasteiger partial charge in [0, 0.05) is 0 Å². The highest BCUT2D eigenvalue weighted by molar-refractivity contribution is 6.31. The Labute approximate surface area is 93.4 Å². The average molecular weight is 248 g/mol. The van der Waals surface area contributed by atoms with E-state index in [1.807, 2.05) is 0 Å². The molecular weight excluding hydrogens is 244 g/mol. The first-order chi connectivity index (χ1) is 7.47. The van der Waals surface area contributed by atoms with Crippen LogP contribution in [0.3, 0.4) is 0 Å². The second-order valence-electron chi connectivity index (χ2n) is 2.72. The number of aromatic nitrogens is 1. The van der Waals surface area contributed by atoms with Gasteiger partial charge in [0.25, 0.3) is 6.43 Å². The summed E-state index contributed by atoms with van der Waals surface area (Å²) in [6.45, 7) is 0. The van der Waals surface area contributed by atoms with Crippen molar-refractivity contribution in [3.8, 4) is 6.07 Å². The number of nitrogens with zero attached hydrogens (tertiary/aromatic N) is 3. The van der Waals surface area contributed by atoms with E-state index in [9.17, 15) is 18.9 Å². The zero-order valence-corrected chi connectivity index (χ0v) is 8.41. The van der Waals surface area contributed by atoms with Gasteiger partial charge in [-0.1, -0.05) is 11.6 Å². The van der Waals surface area contributed by atoms with Crippen molar-refractivity contribution in [2.24, 2.45) is 0 Å². The summed E-state index contributed by atoms with van der Waals surface area (Å²) in [6, 6.07) is 2.34. The predicted molar refractivity (Wildman–Crippen MR) is 50.2 cm³/mol. The number of hydrogen-bond donors (Lipinski definition) is 0. The van der Waals surface area contributed by atoms with Crippen LogP contribution in [0.4, 0.5) is 14.6 Å². The number of pyridine rings is 1. The van der Waals surface area contributed by atoms with Gasteiger partial charge in [0.05, 0.1) is 22.7 Å². The Kier molecular flexibility index (Phi) is 3.68. The molecule has 0 aromatic carbocycles. The van der Waals surface area contributed by atoms with Crippen molar-refractivity contribution >= 4 is 17.4 Å². The molecule has 1 heterocycles. The van der Waals surface area contributed by atoms with Gasteiger partial charge in [-0.2, -0.15) is 5.26 Å². The lowest BCUT2D eigenvalue weighted by atomic mass is 10.1. The van der Waals surface area contributed by atoms with Crippen LogP contribution in [0.2, 0.25) is 5.02 Å². The van der Waals surface area contributed by atoms with Crippen LogP contribution in [-0.2, 0) is 6.42 Å². The largest absolute Gasteiger partial charge is 0.365 e. The molecule has 0 aliphatic carbocycles. The summed E-state index contributed by atoms with van der Waals surface area (Å²) in [5.74, 6) is -0.653. The van der Waals surface area contributed by atoms with E-state index in [0.29, 0.717) is 0 Å². The Bertz CT molecular complexity index is 473. The van der Waals surface area contributed by atoms with Gasteiger partial charge in [-0.3, -0.25) is 0 Å². The van der Waals surface area contributed by atoms with Crippen LogP contribution in [0.1, 0.15) is 17.7 Å². The van der Waals surface area contributed by atoms with Gasteiger partial charge in [-0.25, -0.2) is 8.78 Å². The molecule has 0 spiro atoms. The average Bonchev–Trinajstić information content (AvgIpc) is 2.16. The first-order valence-corrected chi connectivity index (χ1v) is 4.34. The van der Waals surface area contributed by atoms with Crippen LogP contribution in [0.5, 0.6) is 0 Å². The Morgan fingerprint density at radius 2 is 2.31 bits per heavy atom. The fraction of sp³-hybridized carbons (Fsp3) is 0.250. The summed E-state index contributed by atoms with van der Waals surface area (Å²) in [6.07, 6.45) is -3.38. The molecule has 1 aromatic rings. The molecule has 0 amide bonds. The maximum Gasteiger partial charge on any atom is 0.365 e. The molecule has 0 fully saturated rings. The van der Waals surface area contributed by atoms with Crippen molar-refractivity contribution in [1.82, 2.24) is 4.98 Å². The van der Waals surface area contributed by atoms with Gasteiger partial charge in [0.2, 0.25) is 0 Å². The molecule has 16 heavy (non-hydrogen) atoms. The van der Waals surface area contributed by atoms with Gasteiger partial charge in [-0.05, 0) is 9.91 Å². The van der Waals surface area contributed by atoms with Gasteiger partial charge >= 0.3 is 5.82 Å². The van der Waals surface area contributed by atoms with Crippen LogP contribution in [-0.4, -0.2) is 9.91 Å². The molecule has 0 radical (unpaired) electrons. The number of halogens is 3. The first-order valence-electron chi connectivity index (χ1n) is 3.96. The van der Waals surface area contributed by atoms with Gasteiger partial charge in [-0.15, -0.1) is 0 Å². The Hall–Kier alpha value is -1.81. The maximum absolute atomic E-state index is 12.5. The normalized spacial score (nSPS) is 10.2. The Morgan fingerprint density at radius 3 is 2.75 bits per heavy atom. The molecule has 1 rings (SSSR count). The van der Waals surface area contributed by atoms with E-state index in [0.717, 1.165) is 6.07 Å². The van der Waals surface area contributed by atoms with Crippen LogP contribution in [0.15, 0.2) is 6.07 Å². The van der Waals surface area contributed by atoms with Crippen molar-refractivity contribution in [3.63, 3.8) is 0 Å². The quantitative estimate of drug-likeness (QED) is 0.607. The standard InChI is InChI=1S/C8H4ClF2N3O2/c9-4-3-6(14(15)16)13-5(1-2-12)7(4)8(10)11/h3,8H,1H2. The number of alkyl halides is 2.